The second-order valence-corrected chi connectivity index (χ2v) is 10.3. The number of aliphatic carboxylic acids is 1. The van der Waals surface area contributed by atoms with Gasteiger partial charge in [0.1, 0.15) is 6.61 Å². The molecule has 0 bridgehead atoms. The van der Waals surface area contributed by atoms with Crippen LogP contribution in [0.4, 0.5) is 4.79 Å². The molecule has 0 radical (unpaired) electrons. The van der Waals surface area contributed by atoms with Crippen molar-refractivity contribution in [2.24, 2.45) is 11.3 Å². The first-order valence-electron chi connectivity index (χ1n) is 12.2. The summed E-state index contributed by atoms with van der Waals surface area (Å²) in [5.41, 5.74) is 4.26. The summed E-state index contributed by atoms with van der Waals surface area (Å²) >= 11 is 0. The van der Waals surface area contributed by atoms with Crippen LogP contribution in [0.15, 0.2) is 48.5 Å². The van der Waals surface area contributed by atoms with Gasteiger partial charge >= 0.3 is 12.1 Å². The summed E-state index contributed by atoms with van der Waals surface area (Å²) in [7, 11) is 0. The number of carboxylic acid groups (broad SMARTS) is 1. The maximum atomic E-state index is 12.7. The first-order valence-corrected chi connectivity index (χ1v) is 12.2. The fourth-order valence-corrected chi connectivity index (χ4v) is 4.37. The van der Waals surface area contributed by atoms with Crippen LogP contribution in [0.5, 0.6) is 0 Å². The lowest BCUT2D eigenvalue weighted by atomic mass is 9.84. The normalized spacial score (nSPS) is 14.4. The van der Waals surface area contributed by atoms with Crippen LogP contribution in [0.1, 0.15) is 64.0 Å². The minimum absolute atomic E-state index is 0.0299. The Labute approximate surface area is 207 Å². The Bertz CT molecular complexity index is 1010. The van der Waals surface area contributed by atoms with E-state index in [0.29, 0.717) is 19.4 Å². The summed E-state index contributed by atoms with van der Waals surface area (Å²) in [6.45, 7) is 8.15. The molecule has 0 fully saturated rings. The third-order valence-electron chi connectivity index (χ3n) is 6.63. The summed E-state index contributed by atoms with van der Waals surface area (Å²) in [6, 6.07) is 15.9. The zero-order valence-electron chi connectivity index (χ0n) is 21.0. The van der Waals surface area contributed by atoms with Gasteiger partial charge in [-0.25, -0.2) is 4.79 Å². The van der Waals surface area contributed by atoms with Crippen molar-refractivity contribution in [3.63, 3.8) is 0 Å². The van der Waals surface area contributed by atoms with Crippen molar-refractivity contribution < 1.29 is 24.2 Å². The number of hydrogen-bond acceptors (Lipinski definition) is 4. The van der Waals surface area contributed by atoms with Gasteiger partial charge < -0.3 is 20.5 Å². The Kier molecular flexibility index (Phi) is 8.54. The van der Waals surface area contributed by atoms with Crippen molar-refractivity contribution in [2.45, 2.75) is 58.9 Å². The van der Waals surface area contributed by atoms with Gasteiger partial charge in [0, 0.05) is 24.9 Å². The Balaban J connectivity index is 1.54. The largest absolute Gasteiger partial charge is 0.481 e. The van der Waals surface area contributed by atoms with Gasteiger partial charge in [0.05, 0.1) is 5.92 Å². The van der Waals surface area contributed by atoms with E-state index >= 15 is 0 Å². The van der Waals surface area contributed by atoms with Crippen LogP contribution < -0.4 is 10.6 Å². The Morgan fingerprint density at radius 1 is 1.00 bits per heavy atom. The summed E-state index contributed by atoms with van der Waals surface area (Å²) < 4.78 is 5.66. The Morgan fingerprint density at radius 2 is 1.57 bits per heavy atom. The third-order valence-corrected chi connectivity index (χ3v) is 6.63. The van der Waals surface area contributed by atoms with Gasteiger partial charge in [-0.15, -0.1) is 0 Å². The molecular formula is C28H36N2O5. The molecule has 3 N–H and O–H groups in total. The molecule has 1 aliphatic rings. The molecule has 3 rings (SSSR count). The van der Waals surface area contributed by atoms with Crippen LogP contribution in [0, 0.1) is 11.3 Å². The van der Waals surface area contributed by atoms with Gasteiger partial charge in [0.25, 0.3) is 0 Å². The lowest BCUT2D eigenvalue weighted by Gasteiger charge is -2.31. The van der Waals surface area contributed by atoms with E-state index in [9.17, 15) is 14.4 Å². The number of carbonyl (C=O) groups is 3. The molecule has 7 nitrogen and oxygen atoms in total. The summed E-state index contributed by atoms with van der Waals surface area (Å²) in [5, 5.41) is 14.7. The van der Waals surface area contributed by atoms with Crippen molar-refractivity contribution in [3.05, 3.63) is 59.7 Å². The van der Waals surface area contributed by atoms with Crippen LogP contribution in [-0.2, 0) is 14.3 Å². The van der Waals surface area contributed by atoms with E-state index in [1.807, 2.05) is 45.0 Å². The maximum Gasteiger partial charge on any atom is 0.407 e. The summed E-state index contributed by atoms with van der Waals surface area (Å²) in [5.74, 6) is -1.49. The number of nitrogens with one attached hydrogen (secondary N) is 2. The molecule has 0 saturated carbocycles. The standard InChI is InChI=1S/C28H36N2O5/c1-18(26(32)33)10-9-15-29-25(31)16-24(28(2,3)4)30-27(34)35-17-23-21-13-7-5-11-19(21)20-12-6-8-14-22(20)23/h5-8,11-14,18,23-24H,9-10,15-17H2,1-4H3,(H,29,31)(H,30,34)(H,32,33). The van der Waals surface area contributed by atoms with E-state index in [1.54, 1.807) is 6.92 Å². The van der Waals surface area contributed by atoms with Crippen molar-refractivity contribution in [3.8, 4) is 11.1 Å². The van der Waals surface area contributed by atoms with Gasteiger partial charge in [-0.2, -0.15) is 0 Å². The fourth-order valence-electron chi connectivity index (χ4n) is 4.37. The molecule has 2 atom stereocenters. The molecule has 0 aliphatic heterocycles. The van der Waals surface area contributed by atoms with Crippen molar-refractivity contribution in [1.29, 1.82) is 0 Å². The highest BCUT2D eigenvalue weighted by Gasteiger charge is 2.31. The smallest absolute Gasteiger partial charge is 0.407 e. The lowest BCUT2D eigenvalue weighted by molar-refractivity contribution is -0.141. The first kappa shape index (κ1) is 26.3. The van der Waals surface area contributed by atoms with Crippen LogP contribution in [0.2, 0.25) is 0 Å². The van der Waals surface area contributed by atoms with E-state index in [0.717, 1.165) is 11.1 Å². The Hall–Kier alpha value is -3.35. The Morgan fingerprint density at radius 3 is 2.11 bits per heavy atom. The molecule has 2 aromatic carbocycles. The van der Waals surface area contributed by atoms with Crippen LogP contribution in [0.25, 0.3) is 11.1 Å². The SMILES string of the molecule is CC(CCCNC(=O)CC(NC(=O)OCC1c2ccccc2-c2ccccc21)C(C)(C)C)C(=O)O. The summed E-state index contributed by atoms with van der Waals surface area (Å²) in [4.78, 5) is 36.1. The predicted molar refractivity (Wildman–Crippen MR) is 135 cm³/mol. The number of ether oxygens (including phenoxy) is 1. The average Bonchev–Trinajstić information content (AvgIpc) is 3.13. The number of fused-ring (bicyclic) bond motifs is 3. The number of benzene rings is 2. The topological polar surface area (TPSA) is 105 Å². The highest BCUT2D eigenvalue weighted by atomic mass is 16.5. The van der Waals surface area contributed by atoms with E-state index < -0.39 is 24.0 Å². The van der Waals surface area contributed by atoms with Crippen molar-refractivity contribution >= 4 is 18.0 Å². The van der Waals surface area contributed by atoms with E-state index in [4.69, 9.17) is 9.84 Å². The van der Waals surface area contributed by atoms with E-state index in [1.165, 1.54) is 11.1 Å². The van der Waals surface area contributed by atoms with E-state index in [-0.39, 0.29) is 30.3 Å². The number of carboxylic acids is 1. The van der Waals surface area contributed by atoms with Crippen LogP contribution in [0.3, 0.4) is 0 Å². The zero-order chi connectivity index (χ0) is 25.6. The van der Waals surface area contributed by atoms with Gasteiger partial charge in [-0.3, -0.25) is 9.59 Å². The minimum Gasteiger partial charge on any atom is -0.481 e. The van der Waals surface area contributed by atoms with Gasteiger partial charge in [0.2, 0.25) is 5.91 Å². The molecule has 0 aromatic heterocycles. The molecule has 35 heavy (non-hydrogen) atoms. The number of rotatable bonds is 10. The van der Waals surface area contributed by atoms with Crippen molar-refractivity contribution in [2.75, 3.05) is 13.2 Å². The number of hydrogen-bond donors (Lipinski definition) is 3. The molecular weight excluding hydrogens is 444 g/mol. The quantitative estimate of drug-likeness (QED) is 0.418. The highest BCUT2D eigenvalue weighted by Crippen LogP contribution is 2.44. The van der Waals surface area contributed by atoms with E-state index in [2.05, 4.69) is 34.9 Å². The molecule has 0 saturated heterocycles. The number of amides is 2. The molecule has 2 amide bonds. The maximum absolute atomic E-state index is 12.7. The predicted octanol–water partition coefficient (Wildman–Crippen LogP) is 4.95. The molecule has 2 aromatic rings. The summed E-state index contributed by atoms with van der Waals surface area (Å²) in [6.07, 6.45) is 0.646. The number of carbonyl (C=O) groups excluding carboxylic acids is 2. The fraction of sp³-hybridized carbons (Fsp3) is 0.464. The van der Waals surface area contributed by atoms with Gasteiger partial charge in [0.15, 0.2) is 0 Å². The molecule has 188 valence electrons. The monoisotopic (exact) mass is 480 g/mol. The second-order valence-electron chi connectivity index (χ2n) is 10.3. The van der Waals surface area contributed by atoms with Gasteiger partial charge in [-0.05, 0) is 40.5 Å². The molecule has 0 spiro atoms. The third kappa shape index (κ3) is 6.84. The highest BCUT2D eigenvalue weighted by molar-refractivity contribution is 5.79. The molecule has 0 heterocycles. The second kappa shape index (κ2) is 11.4. The first-order chi connectivity index (χ1) is 16.6. The van der Waals surface area contributed by atoms with Crippen LogP contribution in [-0.4, -0.2) is 42.3 Å². The molecule has 2 unspecified atom stereocenters. The lowest BCUT2D eigenvalue weighted by Crippen LogP contribution is -2.47. The molecule has 7 heteroatoms. The molecule has 1 aliphatic carbocycles. The minimum atomic E-state index is -0.837. The zero-order valence-corrected chi connectivity index (χ0v) is 21.0. The average molecular weight is 481 g/mol. The van der Waals surface area contributed by atoms with Crippen LogP contribution >= 0.6 is 0 Å². The van der Waals surface area contributed by atoms with Crippen molar-refractivity contribution in [1.82, 2.24) is 10.6 Å². The van der Waals surface area contributed by atoms with Gasteiger partial charge in [-0.1, -0.05) is 76.2 Å². The number of alkyl carbamates (subject to hydrolysis) is 1.